The van der Waals surface area contributed by atoms with E-state index in [4.69, 9.17) is 9.47 Å². The number of amides is 3. The molecule has 44 heavy (non-hydrogen) atoms. The van der Waals surface area contributed by atoms with Gasteiger partial charge in [-0.15, -0.1) is 0 Å². The summed E-state index contributed by atoms with van der Waals surface area (Å²) < 4.78 is 12.2. The van der Waals surface area contributed by atoms with Crippen molar-refractivity contribution < 1.29 is 33.8 Å². The number of hydrogen-bond acceptors (Lipinski definition) is 7. The van der Waals surface area contributed by atoms with E-state index in [2.05, 4.69) is 5.32 Å². The fourth-order valence-corrected chi connectivity index (χ4v) is 7.78. The van der Waals surface area contributed by atoms with Gasteiger partial charge in [0.05, 0.1) is 24.0 Å². The van der Waals surface area contributed by atoms with E-state index in [9.17, 15) is 24.3 Å². The molecule has 1 aromatic rings. The van der Waals surface area contributed by atoms with Gasteiger partial charge in [-0.25, -0.2) is 0 Å². The molecular formula is C34H43N3O7. The summed E-state index contributed by atoms with van der Waals surface area (Å²) in [6.45, 7) is 0.603. The highest BCUT2D eigenvalue weighted by molar-refractivity contribution is 6.00. The molecule has 6 atom stereocenters. The number of unbranched alkanes of at least 4 members (excludes halogenated alkanes) is 1. The Kier molecular flexibility index (Phi) is 9.18. The summed E-state index contributed by atoms with van der Waals surface area (Å²) in [5.41, 5.74) is -0.473. The Bertz CT molecular complexity index is 1290. The summed E-state index contributed by atoms with van der Waals surface area (Å²) in [5.74, 6) is -2.88. The van der Waals surface area contributed by atoms with Crippen molar-refractivity contribution in [3.63, 3.8) is 0 Å². The van der Waals surface area contributed by atoms with Gasteiger partial charge in [-0.1, -0.05) is 73.9 Å². The lowest BCUT2D eigenvalue weighted by molar-refractivity contribution is -0.149. The highest BCUT2D eigenvalue weighted by atomic mass is 16.5. The first-order valence-corrected chi connectivity index (χ1v) is 16.2. The predicted molar refractivity (Wildman–Crippen MR) is 161 cm³/mol. The number of aliphatic hydroxyl groups is 1. The number of benzene rings is 1. The molecule has 1 aromatic carbocycles. The van der Waals surface area contributed by atoms with Crippen molar-refractivity contribution >= 4 is 23.7 Å². The molecule has 0 unspecified atom stereocenters. The smallest absolute Gasteiger partial charge is 0.306 e. The molecule has 4 aliphatic heterocycles. The first kappa shape index (κ1) is 30.5. The van der Waals surface area contributed by atoms with E-state index in [-0.39, 0.29) is 49.4 Å². The van der Waals surface area contributed by atoms with Crippen molar-refractivity contribution in [1.82, 2.24) is 15.1 Å². The standard InChI is InChI=1S/C34H43N3O7/c38-21-11-10-20-37-30-33(42)36(24-14-6-2-7-15-24)19-9-3-8-16-27(39)43-22-25(23-12-4-1-5-13-23)35-31(40)28-26-17-18-34(30,44-26)29(28)32(37)41/h1,3-5,9,12-13,17-18,24-26,28-30,38H,2,6-8,10-11,14-16,19-22H2,(H,35,40)/b9-3-/t25-,26-,28+,29+,30-,34+/m1/s1. The molecular weight excluding hydrogens is 562 g/mol. The van der Waals surface area contributed by atoms with Gasteiger partial charge >= 0.3 is 5.97 Å². The SMILES string of the molecule is O=C1CC/C=C\CN(C2CCCCC2)C(=O)[C@H]2N(CCCCO)C(=O)[C@@H]3[C@@H](C(=O)N[C@@H](c4ccccc4)CO1)[C@H]1C=C[C@]32O1. The molecule has 2 N–H and O–H groups in total. The molecule has 5 aliphatic rings. The van der Waals surface area contributed by atoms with Crippen molar-refractivity contribution in [3.05, 3.63) is 60.2 Å². The van der Waals surface area contributed by atoms with Crippen molar-refractivity contribution in [1.29, 1.82) is 0 Å². The Morgan fingerprint density at radius 2 is 1.77 bits per heavy atom. The average Bonchev–Trinajstić information content (AvgIpc) is 3.68. The van der Waals surface area contributed by atoms with Crippen LogP contribution in [0.15, 0.2) is 54.6 Å². The van der Waals surface area contributed by atoms with Gasteiger partial charge < -0.3 is 29.7 Å². The van der Waals surface area contributed by atoms with Crippen LogP contribution in [0.1, 0.15) is 69.4 Å². The highest BCUT2D eigenvalue weighted by Crippen LogP contribution is 2.55. The van der Waals surface area contributed by atoms with Gasteiger partial charge in [0.15, 0.2) is 0 Å². The minimum absolute atomic E-state index is 0.0107. The van der Waals surface area contributed by atoms with Crippen LogP contribution in [-0.2, 0) is 28.7 Å². The molecule has 5 bridgehead atoms. The second-order valence-corrected chi connectivity index (χ2v) is 12.6. The number of carbonyl (C=O) groups is 4. The minimum Gasteiger partial charge on any atom is -0.463 e. The molecule has 0 aromatic heterocycles. The molecule has 1 aliphatic carbocycles. The normalized spacial score (nSPS) is 33.8. The number of ether oxygens (including phenoxy) is 2. The molecule has 10 heteroatoms. The van der Waals surface area contributed by atoms with Crippen molar-refractivity contribution in [2.75, 3.05) is 26.3 Å². The molecule has 10 nitrogen and oxygen atoms in total. The number of nitrogens with one attached hydrogen (secondary N) is 1. The summed E-state index contributed by atoms with van der Waals surface area (Å²) in [5, 5.41) is 12.5. The van der Waals surface area contributed by atoms with Crippen molar-refractivity contribution in [2.24, 2.45) is 11.8 Å². The maximum absolute atomic E-state index is 14.7. The number of fused-ring (bicyclic) bond motifs is 2. The number of rotatable bonds is 6. The lowest BCUT2D eigenvalue weighted by Crippen LogP contribution is -2.58. The number of cyclic esters (lactones) is 1. The number of nitrogens with zero attached hydrogens (tertiary/aromatic N) is 2. The first-order chi connectivity index (χ1) is 21.4. The Labute approximate surface area is 258 Å². The zero-order chi connectivity index (χ0) is 30.7. The van der Waals surface area contributed by atoms with Gasteiger partial charge in [0.25, 0.3) is 0 Å². The second kappa shape index (κ2) is 13.2. The van der Waals surface area contributed by atoms with E-state index in [1.165, 1.54) is 0 Å². The number of aliphatic hydroxyl groups excluding tert-OH is 1. The Hall–Kier alpha value is -3.50. The molecule has 6 rings (SSSR count). The largest absolute Gasteiger partial charge is 0.463 e. The number of carbonyl (C=O) groups excluding carboxylic acids is 4. The zero-order valence-electron chi connectivity index (χ0n) is 25.1. The fourth-order valence-electron chi connectivity index (χ4n) is 7.78. The molecule has 1 spiro atoms. The molecule has 1 saturated carbocycles. The van der Waals surface area contributed by atoms with Crippen LogP contribution in [0.4, 0.5) is 0 Å². The van der Waals surface area contributed by atoms with E-state index >= 15 is 0 Å². The van der Waals surface area contributed by atoms with Crippen LogP contribution in [0.25, 0.3) is 0 Å². The van der Waals surface area contributed by atoms with Crippen LogP contribution in [0.3, 0.4) is 0 Å². The van der Waals surface area contributed by atoms with Crippen molar-refractivity contribution in [2.45, 2.75) is 87.6 Å². The van der Waals surface area contributed by atoms with Gasteiger partial charge in [0, 0.05) is 32.2 Å². The fraction of sp³-hybridized carbons (Fsp3) is 0.588. The highest BCUT2D eigenvalue weighted by Gasteiger charge is 2.73. The number of esters is 1. The monoisotopic (exact) mass is 605 g/mol. The molecule has 2 saturated heterocycles. The Morgan fingerprint density at radius 3 is 2.55 bits per heavy atom. The number of allylic oxidation sites excluding steroid dienone is 1. The van der Waals surface area contributed by atoms with E-state index in [0.29, 0.717) is 32.4 Å². The van der Waals surface area contributed by atoms with Crippen LogP contribution in [-0.4, -0.2) is 88.7 Å². The third kappa shape index (κ3) is 5.70. The van der Waals surface area contributed by atoms with Crippen LogP contribution in [0.2, 0.25) is 0 Å². The van der Waals surface area contributed by atoms with Gasteiger partial charge in [-0.05, 0) is 37.7 Å². The molecule has 4 heterocycles. The molecule has 3 fully saturated rings. The van der Waals surface area contributed by atoms with Crippen molar-refractivity contribution in [3.8, 4) is 0 Å². The summed E-state index contributed by atoms with van der Waals surface area (Å²) in [6.07, 6.45) is 13.5. The molecule has 236 valence electrons. The minimum atomic E-state index is -1.25. The predicted octanol–water partition coefficient (Wildman–Crippen LogP) is 2.82. The summed E-state index contributed by atoms with van der Waals surface area (Å²) in [4.78, 5) is 59.3. The summed E-state index contributed by atoms with van der Waals surface area (Å²) >= 11 is 0. The first-order valence-electron chi connectivity index (χ1n) is 16.2. The maximum atomic E-state index is 14.7. The lowest BCUT2D eigenvalue weighted by atomic mass is 9.74. The van der Waals surface area contributed by atoms with Gasteiger partial charge in [-0.3, -0.25) is 19.2 Å². The molecule has 3 amide bonds. The Morgan fingerprint density at radius 1 is 0.977 bits per heavy atom. The number of hydrogen-bond donors (Lipinski definition) is 2. The topological polar surface area (TPSA) is 125 Å². The zero-order valence-corrected chi connectivity index (χ0v) is 25.1. The van der Waals surface area contributed by atoms with Gasteiger partial charge in [0.2, 0.25) is 17.7 Å². The van der Waals surface area contributed by atoms with Crippen LogP contribution >= 0.6 is 0 Å². The summed E-state index contributed by atoms with van der Waals surface area (Å²) in [7, 11) is 0. The van der Waals surface area contributed by atoms with E-state index in [1.54, 1.807) is 4.90 Å². The number of likely N-dealkylation sites (tertiary alicyclic amines) is 1. The van der Waals surface area contributed by atoms with E-state index in [1.807, 2.05) is 59.5 Å². The third-order valence-electron chi connectivity index (χ3n) is 9.93. The molecule has 0 radical (unpaired) electrons. The summed E-state index contributed by atoms with van der Waals surface area (Å²) in [6, 6.07) is 7.82. The average molecular weight is 606 g/mol. The van der Waals surface area contributed by atoms with E-state index < -0.39 is 35.6 Å². The maximum Gasteiger partial charge on any atom is 0.306 e. The Balaban J connectivity index is 1.39. The lowest BCUT2D eigenvalue weighted by Gasteiger charge is -2.40. The van der Waals surface area contributed by atoms with Crippen LogP contribution in [0.5, 0.6) is 0 Å². The van der Waals surface area contributed by atoms with Gasteiger partial charge in [0.1, 0.15) is 18.2 Å². The van der Waals surface area contributed by atoms with Crippen LogP contribution in [0, 0.1) is 11.8 Å². The second-order valence-electron chi connectivity index (χ2n) is 12.6. The third-order valence-corrected chi connectivity index (χ3v) is 9.93. The quantitative estimate of drug-likeness (QED) is 0.290. The van der Waals surface area contributed by atoms with Gasteiger partial charge in [-0.2, -0.15) is 0 Å². The van der Waals surface area contributed by atoms with E-state index in [0.717, 1.165) is 37.7 Å². The van der Waals surface area contributed by atoms with Crippen LogP contribution < -0.4 is 5.32 Å².